The number of imidazole rings is 1. The third-order valence-electron chi connectivity index (χ3n) is 1.77. The van der Waals surface area contributed by atoms with Crippen LogP contribution < -0.4 is 5.73 Å². The summed E-state index contributed by atoms with van der Waals surface area (Å²) in [6, 6.07) is 0. The summed E-state index contributed by atoms with van der Waals surface area (Å²) in [5.74, 6) is -0.557. The molecular weight excluding hydrogens is 248 g/mol. The van der Waals surface area contributed by atoms with E-state index in [-0.39, 0.29) is 5.69 Å². The number of carbonyl (C=O) groups is 1. The van der Waals surface area contributed by atoms with Crippen LogP contribution in [0.3, 0.4) is 0 Å². The smallest absolute Gasteiger partial charge is 0.268 e. The van der Waals surface area contributed by atoms with Crippen LogP contribution in [-0.4, -0.2) is 20.3 Å². The first-order valence-electron chi connectivity index (χ1n) is 3.89. The predicted molar refractivity (Wildman–Crippen MR) is 53.9 cm³/mol. The Labute approximate surface area is 88.1 Å². The fraction of sp³-hybridized carbons (Fsp3) is 0.125. The highest BCUT2D eigenvalue weighted by Crippen LogP contribution is 2.15. The topological polar surface area (TPSA) is 73.3 Å². The lowest BCUT2D eigenvalue weighted by atomic mass is 10.4. The summed E-state index contributed by atoms with van der Waals surface area (Å²) in [6.07, 6.45) is 3.36. The molecule has 0 bridgehead atoms. The van der Waals surface area contributed by atoms with Crippen molar-refractivity contribution in [3.8, 4) is 0 Å². The molecule has 14 heavy (non-hydrogen) atoms. The number of hydrogen-bond donors (Lipinski definition) is 1. The van der Waals surface area contributed by atoms with Crippen molar-refractivity contribution in [3.05, 3.63) is 28.4 Å². The molecule has 0 saturated carbocycles. The molecule has 1 amide bonds. The van der Waals surface area contributed by atoms with Gasteiger partial charge in [0, 0.05) is 12.4 Å². The van der Waals surface area contributed by atoms with Gasteiger partial charge in [0.1, 0.15) is 10.3 Å². The fourth-order valence-electron chi connectivity index (χ4n) is 1.20. The van der Waals surface area contributed by atoms with Crippen LogP contribution in [0.2, 0.25) is 0 Å². The Balaban J connectivity index is 2.77. The summed E-state index contributed by atoms with van der Waals surface area (Å²) in [4.78, 5) is 19.1. The lowest BCUT2D eigenvalue weighted by molar-refractivity contribution is 0.0995. The molecule has 6 heteroatoms. The third-order valence-corrected chi connectivity index (χ3v) is 2.30. The zero-order valence-corrected chi connectivity index (χ0v) is 8.95. The van der Waals surface area contributed by atoms with E-state index in [1.807, 2.05) is 6.92 Å². The van der Waals surface area contributed by atoms with Gasteiger partial charge in [0.05, 0.1) is 5.69 Å². The van der Waals surface area contributed by atoms with Crippen molar-refractivity contribution < 1.29 is 4.79 Å². The van der Waals surface area contributed by atoms with Gasteiger partial charge in [-0.25, -0.2) is 9.97 Å². The number of amides is 1. The van der Waals surface area contributed by atoms with Crippen molar-refractivity contribution in [3.63, 3.8) is 0 Å². The van der Waals surface area contributed by atoms with Gasteiger partial charge < -0.3 is 10.1 Å². The minimum Gasteiger partial charge on any atom is -0.364 e. The van der Waals surface area contributed by atoms with Crippen LogP contribution in [0.25, 0.3) is 5.65 Å². The molecule has 0 aliphatic rings. The largest absolute Gasteiger partial charge is 0.364 e. The molecule has 0 radical (unpaired) electrons. The average molecular weight is 255 g/mol. The van der Waals surface area contributed by atoms with Gasteiger partial charge in [-0.3, -0.25) is 4.79 Å². The Kier molecular flexibility index (Phi) is 1.99. The molecule has 0 unspecified atom stereocenters. The maximum Gasteiger partial charge on any atom is 0.268 e. The minimum atomic E-state index is -0.557. The molecule has 2 aromatic rings. The first-order chi connectivity index (χ1) is 6.58. The van der Waals surface area contributed by atoms with Gasteiger partial charge in [-0.15, -0.1) is 0 Å². The van der Waals surface area contributed by atoms with E-state index in [2.05, 4.69) is 25.9 Å². The minimum absolute atomic E-state index is 0.210. The molecule has 2 N–H and O–H groups in total. The number of nitrogens with two attached hydrogens (primary N) is 1. The SMILES string of the molecule is Cc1cn2cc(C(N)=O)nc(Br)c2n1. The third kappa shape index (κ3) is 1.37. The number of aryl methyl sites for hydroxylation is 1. The Morgan fingerprint density at radius 3 is 2.86 bits per heavy atom. The molecule has 0 aliphatic carbocycles. The molecule has 0 spiro atoms. The highest BCUT2D eigenvalue weighted by molar-refractivity contribution is 9.10. The van der Waals surface area contributed by atoms with Crippen molar-refractivity contribution in [1.82, 2.24) is 14.4 Å². The first-order valence-corrected chi connectivity index (χ1v) is 4.69. The summed E-state index contributed by atoms with van der Waals surface area (Å²) in [5, 5.41) is 0. The zero-order chi connectivity index (χ0) is 10.3. The number of rotatable bonds is 1. The summed E-state index contributed by atoms with van der Waals surface area (Å²) < 4.78 is 2.23. The number of carbonyl (C=O) groups excluding carboxylic acids is 1. The van der Waals surface area contributed by atoms with Gasteiger partial charge in [0.25, 0.3) is 5.91 Å². The summed E-state index contributed by atoms with van der Waals surface area (Å²) in [7, 11) is 0. The molecule has 5 nitrogen and oxygen atoms in total. The molecule has 0 aliphatic heterocycles. The second kappa shape index (κ2) is 3.06. The Hall–Kier alpha value is -1.43. The van der Waals surface area contributed by atoms with Crippen molar-refractivity contribution in [2.24, 2.45) is 5.73 Å². The van der Waals surface area contributed by atoms with E-state index < -0.39 is 5.91 Å². The number of nitrogens with zero attached hydrogens (tertiary/aromatic N) is 3. The van der Waals surface area contributed by atoms with Gasteiger partial charge in [-0.2, -0.15) is 0 Å². The van der Waals surface area contributed by atoms with E-state index in [4.69, 9.17) is 5.73 Å². The monoisotopic (exact) mass is 254 g/mol. The molecule has 0 saturated heterocycles. The van der Waals surface area contributed by atoms with Crippen LogP contribution in [-0.2, 0) is 0 Å². The first kappa shape index (κ1) is 9.14. The molecule has 0 fully saturated rings. The highest BCUT2D eigenvalue weighted by atomic mass is 79.9. The van der Waals surface area contributed by atoms with Gasteiger partial charge in [-0.05, 0) is 22.9 Å². The number of primary amides is 1. The fourth-order valence-corrected chi connectivity index (χ4v) is 1.69. The standard InChI is InChI=1S/C8H7BrN4O/c1-4-2-13-3-5(7(10)14)12-6(9)8(13)11-4/h2-3H,1H3,(H2,10,14). The average Bonchev–Trinajstić information content (AvgIpc) is 2.45. The molecule has 0 aromatic carbocycles. The number of fused-ring (bicyclic) bond motifs is 1. The number of hydrogen-bond acceptors (Lipinski definition) is 3. The van der Waals surface area contributed by atoms with Gasteiger partial charge in [-0.1, -0.05) is 0 Å². The lowest BCUT2D eigenvalue weighted by Crippen LogP contribution is -2.14. The van der Waals surface area contributed by atoms with Crippen LogP contribution in [0.1, 0.15) is 16.2 Å². The molecule has 2 aromatic heterocycles. The van der Waals surface area contributed by atoms with E-state index in [1.54, 1.807) is 16.8 Å². The Morgan fingerprint density at radius 1 is 1.50 bits per heavy atom. The van der Waals surface area contributed by atoms with E-state index in [1.165, 1.54) is 0 Å². The summed E-state index contributed by atoms with van der Waals surface area (Å²) >= 11 is 3.23. The molecule has 0 atom stereocenters. The van der Waals surface area contributed by atoms with Gasteiger partial charge >= 0.3 is 0 Å². The molecule has 72 valence electrons. The van der Waals surface area contributed by atoms with Crippen LogP contribution >= 0.6 is 15.9 Å². The second-order valence-electron chi connectivity index (χ2n) is 2.89. The number of halogens is 1. The number of aromatic nitrogens is 3. The van der Waals surface area contributed by atoms with E-state index in [0.717, 1.165) is 5.69 Å². The highest BCUT2D eigenvalue weighted by Gasteiger charge is 2.09. The van der Waals surface area contributed by atoms with E-state index in [9.17, 15) is 4.79 Å². The van der Waals surface area contributed by atoms with Crippen molar-refractivity contribution in [1.29, 1.82) is 0 Å². The van der Waals surface area contributed by atoms with E-state index >= 15 is 0 Å². The summed E-state index contributed by atoms with van der Waals surface area (Å²) in [5.41, 5.74) is 6.86. The van der Waals surface area contributed by atoms with Crippen molar-refractivity contribution in [2.45, 2.75) is 6.92 Å². The van der Waals surface area contributed by atoms with E-state index in [0.29, 0.717) is 10.3 Å². The zero-order valence-electron chi connectivity index (χ0n) is 7.36. The van der Waals surface area contributed by atoms with Crippen LogP contribution in [0.5, 0.6) is 0 Å². The lowest BCUT2D eigenvalue weighted by Gasteiger charge is -1.98. The van der Waals surface area contributed by atoms with Gasteiger partial charge in [0.15, 0.2) is 5.65 Å². The maximum absolute atomic E-state index is 10.9. The summed E-state index contributed by atoms with van der Waals surface area (Å²) in [6.45, 7) is 1.86. The van der Waals surface area contributed by atoms with Crippen molar-refractivity contribution in [2.75, 3.05) is 0 Å². The van der Waals surface area contributed by atoms with Crippen LogP contribution in [0, 0.1) is 6.92 Å². The van der Waals surface area contributed by atoms with Gasteiger partial charge in [0.2, 0.25) is 0 Å². The quantitative estimate of drug-likeness (QED) is 0.822. The Morgan fingerprint density at radius 2 is 2.21 bits per heavy atom. The molecular formula is C8H7BrN4O. The predicted octanol–water partition coefficient (Wildman–Crippen LogP) is 0.899. The van der Waals surface area contributed by atoms with Crippen molar-refractivity contribution >= 4 is 27.5 Å². The normalized spacial score (nSPS) is 10.7. The van der Waals surface area contributed by atoms with Crippen LogP contribution in [0.4, 0.5) is 0 Å². The maximum atomic E-state index is 10.9. The van der Waals surface area contributed by atoms with Crippen LogP contribution in [0.15, 0.2) is 17.0 Å². The Bertz CT molecular complexity index is 519. The second-order valence-corrected chi connectivity index (χ2v) is 3.65. The molecule has 2 heterocycles. The molecule has 2 rings (SSSR count).